The van der Waals surface area contributed by atoms with Gasteiger partial charge in [-0.25, -0.2) is 0 Å². The van der Waals surface area contributed by atoms with E-state index in [2.05, 4.69) is 20.4 Å². The fraction of sp³-hybridized carbons (Fsp3) is 0.485. The zero-order chi connectivity index (χ0) is 31.2. The molecule has 3 fully saturated rings. The summed E-state index contributed by atoms with van der Waals surface area (Å²) in [5, 5.41) is 16.8. The summed E-state index contributed by atoms with van der Waals surface area (Å²) in [6.07, 6.45) is 5.66. The van der Waals surface area contributed by atoms with Gasteiger partial charge in [-0.1, -0.05) is 37.0 Å². The molecule has 2 amide bonds. The molecule has 3 aliphatic rings. The summed E-state index contributed by atoms with van der Waals surface area (Å²) in [6.45, 7) is 7.80. The fourth-order valence-corrected chi connectivity index (χ4v) is 6.08. The van der Waals surface area contributed by atoms with Gasteiger partial charge in [0.05, 0.1) is 25.4 Å². The molecule has 1 saturated carbocycles. The number of carbonyl (C=O) groups is 2. The number of benzene rings is 2. The number of nitrogens with zero attached hydrogens (tertiary/aromatic N) is 6. The van der Waals surface area contributed by atoms with Crippen LogP contribution in [-0.4, -0.2) is 101 Å². The van der Waals surface area contributed by atoms with Crippen molar-refractivity contribution in [2.45, 2.75) is 44.9 Å². The van der Waals surface area contributed by atoms with Crippen molar-refractivity contribution in [3.05, 3.63) is 59.4 Å². The molecule has 0 radical (unpaired) electrons. The number of anilines is 4. The number of carbonyl (C=O) groups excluding carboxylic acids is 2. The van der Waals surface area contributed by atoms with E-state index in [1.165, 1.54) is 6.42 Å². The maximum atomic E-state index is 12.8. The van der Waals surface area contributed by atoms with Crippen LogP contribution in [-0.2, 0) is 9.53 Å². The van der Waals surface area contributed by atoms with Gasteiger partial charge < -0.3 is 42.6 Å². The fourth-order valence-electron chi connectivity index (χ4n) is 6.08. The lowest BCUT2D eigenvalue weighted by Crippen LogP contribution is -2.52. The first-order valence-corrected chi connectivity index (χ1v) is 16.0. The quantitative estimate of drug-likeness (QED) is 0.210. The van der Waals surface area contributed by atoms with Crippen LogP contribution in [0.4, 0.5) is 23.3 Å². The Morgan fingerprint density at radius 2 is 1.62 bits per heavy atom. The Bertz CT molecular complexity index is 1500. The molecule has 14 heteroatoms. The second-order valence-electron chi connectivity index (χ2n) is 12.1. The number of hydrogen-bond acceptors (Lipinski definition) is 12. The number of phenolic OH excluding ortho intramolecular Hbond substituents is 1. The molecular formula is C33H52N10O4. The highest BCUT2D eigenvalue weighted by atomic mass is 16.5. The number of aromatic nitrogens is 3. The van der Waals surface area contributed by atoms with Gasteiger partial charge in [0.1, 0.15) is 11.6 Å². The molecular weight excluding hydrogens is 600 g/mol. The van der Waals surface area contributed by atoms with Crippen molar-refractivity contribution in [3.8, 4) is 5.75 Å². The Balaban J connectivity index is 0.00000208. The number of rotatable bonds is 8. The summed E-state index contributed by atoms with van der Waals surface area (Å²) >= 11 is 0. The Labute approximate surface area is 279 Å². The summed E-state index contributed by atoms with van der Waals surface area (Å²) in [5.74, 6) is 1.90. The Morgan fingerprint density at radius 1 is 0.915 bits per heavy atom. The van der Waals surface area contributed by atoms with Crippen LogP contribution < -0.4 is 27.8 Å². The van der Waals surface area contributed by atoms with Gasteiger partial charge in [-0.3, -0.25) is 14.5 Å². The summed E-state index contributed by atoms with van der Waals surface area (Å²) in [5.41, 5.74) is 2.49. The molecule has 0 atom stereocenters. The minimum Gasteiger partial charge on any atom is -0.506 e. The smallest absolute Gasteiger partial charge is 0.255 e. The van der Waals surface area contributed by atoms with Crippen molar-refractivity contribution in [1.29, 1.82) is 0 Å². The van der Waals surface area contributed by atoms with Crippen LogP contribution in [0, 0.1) is 6.92 Å². The number of morpholine rings is 1. The average Bonchev–Trinajstić information content (AvgIpc) is 3.07. The second-order valence-corrected chi connectivity index (χ2v) is 12.1. The number of phenols is 1. The summed E-state index contributed by atoms with van der Waals surface area (Å²) in [6, 6.07) is 12.2. The van der Waals surface area contributed by atoms with Crippen molar-refractivity contribution in [1.82, 2.24) is 37.1 Å². The molecule has 2 saturated heterocycles. The van der Waals surface area contributed by atoms with Gasteiger partial charge in [-0.05, 0) is 44.0 Å². The van der Waals surface area contributed by atoms with E-state index < -0.39 is 0 Å². The normalized spacial score (nSPS) is 17.3. The van der Waals surface area contributed by atoms with Crippen LogP contribution in [0.2, 0.25) is 0 Å². The van der Waals surface area contributed by atoms with Crippen molar-refractivity contribution in [3.63, 3.8) is 0 Å². The number of ether oxygens (including phenoxy) is 1. The number of nitrogens with one attached hydrogen (secondary N) is 2. The predicted molar refractivity (Wildman–Crippen MR) is 186 cm³/mol. The highest BCUT2D eigenvalue weighted by Gasteiger charge is 2.26. The minimum atomic E-state index is -0.296. The minimum absolute atomic E-state index is 0. The van der Waals surface area contributed by atoms with E-state index in [1.807, 2.05) is 24.0 Å². The van der Waals surface area contributed by atoms with Gasteiger partial charge in [0.25, 0.3) is 5.91 Å². The predicted octanol–water partition coefficient (Wildman–Crippen LogP) is 4.73. The van der Waals surface area contributed by atoms with E-state index in [4.69, 9.17) is 19.7 Å². The van der Waals surface area contributed by atoms with E-state index in [9.17, 15) is 14.7 Å². The van der Waals surface area contributed by atoms with Gasteiger partial charge in [0, 0.05) is 65.4 Å². The van der Waals surface area contributed by atoms with Gasteiger partial charge in [-0.2, -0.15) is 15.0 Å². The van der Waals surface area contributed by atoms with Crippen LogP contribution in [0.15, 0.2) is 42.5 Å². The Morgan fingerprint density at radius 3 is 2.30 bits per heavy atom. The summed E-state index contributed by atoms with van der Waals surface area (Å²) in [7, 11) is 0. The molecule has 3 aromatic rings. The first-order valence-electron chi connectivity index (χ1n) is 16.0. The molecule has 2 aliphatic heterocycles. The first kappa shape index (κ1) is 35.5. The maximum absolute atomic E-state index is 12.8. The third-order valence-corrected chi connectivity index (χ3v) is 8.80. The molecule has 6 rings (SSSR count). The maximum Gasteiger partial charge on any atom is 0.255 e. The van der Waals surface area contributed by atoms with Gasteiger partial charge >= 0.3 is 0 Å². The lowest BCUT2D eigenvalue weighted by atomic mass is 9.89. The Hall–Kier alpha value is -4.37. The van der Waals surface area contributed by atoms with Crippen molar-refractivity contribution >= 4 is 35.1 Å². The van der Waals surface area contributed by atoms with Crippen LogP contribution in [0.5, 0.6) is 5.75 Å². The third-order valence-electron chi connectivity index (χ3n) is 8.80. The van der Waals surface area contributed by atoms with Crippen LogP contribution in [0.3, 0.4) is 0 Å². The molecule has 2 aromatic carbocycles. The van der Waals surface area contributed by atoms with Crippen LogP contribution in [0.1, 0.15) is 62.6 Å². The van der Waals surface area contributed by atoms with Crippen molar-refractivity contribution in [2.75, 3.05) is 74.6 Å². The first-order chi connectivity index (χ1) is 21.9. The van der Waals surface area contributed by atoms with Gasteiger partial charge in [0.2, 0.25) is 17.8 Å². The van der Waals surface area contributed by atoms with Crippen LogP contribution in [0.25, 0.3) is 0 Å². The SMILES string of the molecule is Cc1ccc(C(=O)Nc2ccc(Nc3nc(C4CCCCC4)nc(N4CCN(CC(=O)N5CCOCC5)CC4)n3)cc2O)cc1.N.N.[HH].[HH]. The average molecular weight is 653 g/mol. The lowest BCUT2D eigenvalue weighted by molar-refractivity contribution is -0.136. The summed E-state index contributed by atoms with van der Waals surface area (Å²) < 4.78 is 5.38. The molecule has 1 aromatic heterocycles. The number of hydrogen-bond donors (Lipinski definition) is 5. The number of aryl methyl sites for hydroxylation is 1. The van der Waals surface area contributed by atoms with E-state index in [1.54, 1.807) is 30.3 Å². The monoisotopic (exact) mass is 652 g/mol. The lowest BCUT2D eigenvalue weighted by Gasteiger charge is -2.36. The van der Waals surface area contributed by atoms with E-state index in [-0.39, 0.29) is 38.6 Å². The van der Waals surface area contributed by atoms with Crippen molar-refractivity contribution in [2.24, 2.45) is 0 Å². The number of aromatic hydroxyl groups is 1. The molecule has 0 unspecified atom stereocenters. The highest BCUT2D eigenvalue weighted by Crippen LogP contribution is 2.33. The molecule has 3 heterocycles. The molecule has 258 valence electrons. The number of amides is 2. The van der Waals surface area contributed by atoms with E-state index >= 15 is 0 Å². The molecule has 14 nitrogen and oxygen atoms in total. The van der Waals surface area contributed by atoms with Gasteiger partial charge in [-0.15, -0.1) is 0 Å². The zero-order valence-electron chi connectivity index (χ0n) is 27.3. The number of piperazine rings is 1. The Kier molecular flexibility index (Phi) is 12.4. The molecule has 9 N–H and O–H groups in total. The zero-order valence-corrected chi connectivity index (χ0v) is 27.3. The molecule has 0 spiro atoms. The van der Waals surface area contributed by atoms with Gasteiger partial charge in [0.15, 0.2) is 0 Å². The topological polar surface area (TPSA) is 206 Å². The molecule has 47 heavy (non-hydrogen) atoms. The standard InChI is InChI=1S/C33H42N8O4.2H3N.2H2/c1-23-7-9-25(10-8-23)31(44)35-27-12-11-26(21-28(27)42)34-32-36-30(24-5-3-2-4-6-24)37-33(38-32)41-15-13-39(14-16-41)22-29(43)40-17-19-45-20-18-40;;;;/h7-12,21,24,42H,2-6,13-20,22H2,1H3,(H,35,44)(H,34,36,37,38);2*1H3;2*1H. The highest BCUT2D eigenvalue weighted by molar-refractivity contribution is 6.05. The molecule has 1 aliphatic carbocycles. The van der Waals surface area contributed by atoms with E-state index in [0.29, 0.717) is 74.8 Å². The molecule has 0 bridgehead atoms. The second kappa shape index (κ2) is 16.5. The van der Waals surface area contributed by atoms with Crippen molar-refractivity contribution < 1.29 is 22.3 Å². The van der Waals surface area contributed by atoms with E-state index in [0.717, 1.165) is 50.2 Å². The largest absolute Gasteiger partial charge is 0.506 e. The summed E-state index contributed by atoms with van der Waals surface area (Å²) in [4.78, 5) is 46.2. The third kappa shape index (κ3) is 9.13. The van der Waals surface area contributed by atoms with Crippen LogP contribution >= 0.6 is 0 Å².